The predicted octanol–water partition coefficient (Wildman–Crippen LogP) is 1.40. The quantitative estimate of drug-likeness (QED) is 0.667. The summed E-state index contributed by atoms with van der Waals surface area (Å²) in [5.41, 5.74) is 0.599. The third-order valence-corrected chi connectivity index (χ3v) is 4.17. The maximum absolute atomic E-state index is 12.3. The van der Waals surface area contributed by atoms with Gasteiger partial charge in [0.25, 0.3) is 5.69 Å². The van der Waals surface area contributed by atoms with Crippen molar-refractivity contribution in [1.29, 1.82) is 0 Å². The summed E-state index contributed by atoms with van der Waals surface area (Å²) in [4.78, 5) is 33.9. The molecule has 1 fully saturated rings. The van der Waals surface area contributed by atoms with E-state index in [9.17, 15) is 24.8 Å². The van der Waals surface area contributed by atoms with E-state index in [2.05, 4.69) is 5.32 Å². The molecule has 1 amide bonds. The maximum atomic E-state index is 12.3. The van der Waals surface area contributed by atoms with Crippen LogP contribution in [0, 0.1) is 28.9 Å². The van der Waals surface area contributed by atoms with Crippen molar-refractivity contribution >= 4 is 23.3 Å². The van der Waals surface area contributed by atoms with Crippen molar-refractivity contribution in [3.63, 3.8) is 0 Å². The van der Waals surface area contributed by atoms with Gasteiger partial charge in [0, 0.05) is 23.9 Å². The highest BCUT2D eigenvalue weighted by atomic mass is 16.6. The smallest absolute Gasteiger partial charge is 0.274 e. The summed E-state index contributed by atoms with van der Waals surface area (Å²) in [5, 5.41) is 24.7. The first-order valence-corrected chi connectivity index (χ1v) is 7.17. The van der Waals surface area contributed by atoms with Gasteiger partial charge in [-0.2, -0.15) is 0 Å². The van der Waals surface area contributed by atoms with Gasteiger partial charge >= 0.3 is 0 Å². The van der Waals surface area contributed by atoms with Gasteiger partial charge in [-0.25, -0.2) is 0 Å². The Hall–Kier alpha value is -2.44. The molecule has 22 heavy (non-hydrogen) atoms. The fourth-order valence-electron chi connectivity index (χ4n) is 2.91. The molecule has 7 nitrogen and oxygen atoms in total. The molecule has 1 saturated carbocycles. The number of benzene rings is 1. The fraction of sp³-hybridized carbons (Fsp3) is 0.467. The Bertz CT molecular complexity index is 614. The van der Waals surface area contributed by atoms with Crippen LogP contribution in [-0.2, 0) is 9.59 Å². The van der Waals surface area contributed by atoms with Crippen LogP contribution in [0.2, 0.25) is 0 Å². The average molecular weight is 305 g/mol. The van der Waals surface area contributed by atoms with Gasteiger partial charge in [0.1, 0.15) is 0 Å². The number of aliphatic carboxylic acids is 1. The van der Waals surface area contributed by atoms with Crippen molar-refractivity contribution in [1.82, 2.24) is 0 Å². The predicted molar refractivity (Wildman–Crippen MR) is 76.9 cm³/mol. The van der Waals surface area contributed by atoms with E-state index in [-0.39, 0.29) is 5.69 Å². The number of carboxylic acid groups (broad SMARTS) is 1. The minimum absolute atomic E-state index is 0.0853. The summed E-state index contributed by atoms with van der Waals surface area (Å²) in [6, 6.07) is 4.41. The summed E-state index contributed by atoms with van der Waals surface area (Å²) < 4.78 is 0. The summed E-state index contributed by atoms with van der Waals surface area (Å²) in [6.45, 7) is 1.55. The number of nitro groups is 1. The molecule has 2 unspecified atom stereocenters. The first kappa shape index (κ1) is 15.9. The molecule has 1 N–H and O–H groups in total. The van der Waals surface area contributed by atoms with E-state index in [1.165, 1.54) is 12.1 Å². The van der Waals surface area contributed by atoms with Crippen LogP contribution in [0.25, 0.3) is 0 Å². The zero-order valence-electron chi connectivity index (χ0n) is 12.2. The third-order valence-electron chi connectivity index (χ3n) is 4.17. The number of nitrogens with one attached hydrogen (secondary N) is 1. The van der Waals surface area contributed by atoms with Crippen LogP contribution >= 0.6 is 0 Å². The Morgan fingerprint density at radius 1 is 1.23 bits per heavy atom. The van der Waals surface area contributed by atoms with Crippen LogP contribution in [0.3, 0.4) is 0 Å². The second-order valence-corrected chi connectivity index (χ2v) is 5.51. The van der Waals surface area contributed by atoms with Crippen molar-refractivity contribution < 1.29 is 19.6 Å². The molecular formula is C15H17N2O5-. The number of rotatable bonds is 4. The molecule has 1 aromatic carbocycles. The molecule has 1 aliphatic rings. The number of hydrogen-bond donors (Lipinski definition) is 1. The lowest BCUT2D eigenvalue weighted by molar-refractivity contribution is -0.385. The lowest BCUT2D eigenvalue weighted by atomic mass is 9.78. The SMILES string of the molecule is Cc1c(NC(=O)C2CCCCC2C(=O)[O-])cccc1[N+](=O)[O-]. The first-order chi connectivity index (χ1) is 10.4. The molecule has 2 atom stereocenters. The summed E-state index contributed by atoms with van der Waals surface area (Å²) in [6.07, 6.45) is 2.46. The van der Waals surface area contributed by atoms with Crippen molar-refractivity contribution in [2.24, 2.45) is 11.8 Å². The molecule has 0 aromatic heterocycles. The molecule has 0 spiro atoms. The number of anilines is 1. The van der Waals surface area contributed by atoms with Gasteiger partial charge in [0.05, 0.1) is 16.2 Å². The number of nitrogens with zero attached hydrogens (tertiary/aromatic N) is 1. The van der Waals surface area contributed by atoms with E-state index in [4.69, 9.17) is 0 Å². The molecule has 1 aromatic rings. The van der Waals surface area contributed by atoms with Crippen LogP contribution in [0.15, 0.2) is 18.2 Å². The number of carbonyl (C=O) groups excluding carboxylic acids is 2. The van der Waals surface area contributed by atoms with Gasteiger partial charge < -0.3 is 15.2 Å². The highest BCUT2D eigenvalue weighted by Gasteiger charge is 2.32. The van der Waals surface area contributed by atoms with Crippen molar-refractivity contribution in [2.75, 3.05) is 5.32 Å². The van der Waals surface area contributed by atoms with Crippen LogP contribution in [0.4, 0.5) is 11.4 Å². The molecule has 0 bridgehead atoms. The molecule has 2 rings (SSSR count). The number of carbonyl (C=O) groups is 2. The molecule has 0 heterocycles. The van der Waals surface area contributed by atoms with Crippen LogP contribution in [-0.4, -0.2) is 16.8 Å². The lowest BCUT2D eigenvalue weighted by Crippen LogP contribution is -2.42. The first-order valence-electron chi connectivity index (χ1n) is 7.17. The van der Waals surface area contributed by atoms with Crippen LogP contribution < -0.4 is 10.4 Å². The van der Waals surface area contributed by atoms with E-state index >= 15 is 0 Å². The number of nitro benzene ring substituents is 1. The highest BCUT2D eigenvalue weighted by molar-refractivity contribution is 5.96. The van der Waals surface area contributed by atoms with E-state index < -0.39 is 28.6 Å². The van der Waals surface area contributed by atoms with Gasteiger partial charge in [-0.15, -0.1) is 0 Å². The number of amides is 1. The van der Waals surface area contributed by atoms with E-state index in [1.54, 1.807) is 13.0 Å². The average Bonchev–Trinajstić information content (AvgIpc) is 2.49. The van der Waals surface area contributed by atoms with Gasteiger partial charge in [-0.05, 0) is 25.8 Å². The number of hydrogen-bond acceptors (Lipinski definition) is 5. The van der Waals surface area contributed by atoms with Gasteiger partial charge in [0.2, 0.25) is 5.91 Å². The third kappa shape index (κ3) is 3.24. The van der Waals surface area contributed by atoms with Crippen molar-refractivity contribution in [2.45, 2.75) is 32.6 Å². The van der Waals surface area contributed by atoms with Gasteiger partial charge in [-0.3, -0.25) is 14.9 Å². The van der Waals surface area contributed by atoms with Crippen LogP contribution in [0.1, 0.15) is 31.2 Å². The zero-order valence-corrected chi connectivity index (χ0v) is 12.2. The second-order valence-electron chi connectivity index (χ2n) is 5.51. The molecule has 118 valence electrons. The summed E-state index contributed by atoms with van der Waals surface area (Å²) in [7, 11) is 0. The lowest BCUT2D eigenvalue weighted by Gasteiger charge is -2.31. The van der Waals surface area contributed by atoms with E-state index in [0.29, 0.717) is 24.1 Å². The largest absolute Gasteiger partial charge is 0.550 e. The standard InChI is InChI=1S/C15H18N2O5/c1-9-12(7-4-8-13(9)17(21)22)16-14(18)10-5-2-3-6-11(10)15(19)20/h4,7-8,10-11H,2-3,5-6H2,1H3,(H,16,18)(H,19,20)/p-1. The Balaban J connectivity index is 2.19. The van der Waals surface area contributed by atoms with Crippen LogP contribution in [0.5, 0.6) is 0 Å². The van der Waals surface area contributed by atoms with Crippen molar-refractivity contribution in [3.8, 4) is 0 Å². The minimum Gasteiger partial charge on any atom is -0.550 e. The van der Waals surface area contributed by atoms with Crippen molar-refractivity contribution in [3.05, 3.63) is 33.9 Å². The molecule has 1 aliphatic carbocycles. The maximum Gasteiger partial charge on any atom is 0.274 e. The number of carboxylic acids is 1. The Labute approximate surface area is 127 Å². The monoisotopic (exact) mass is 305 g/mol. The fourth-order valence-corrected chi connectivity index (χ4v) is 2.91. The normalized spacial score (nSPS) is 21.1. The summed E-state index contributed by atoms with van der Waals surface area (Å²) in [5.74, 6) is -3.08. The zero-order chi connectivity index (χ0) is 16.3. The van der Waals surface area contributed by atoms with Gasteiger partial charge in [0.15, 0.2) is 0 Å². The molecule has 0 radical (unpaired) electrons. The molecular weight excluding hydrogens is 288 g/mol. The highest BCUT2D eigenvalue weighted by Crippen LogP contribution is 2.32. The summed E-state index contributed by atoms with van der Waals surface area (Å²) >= 11 is 0. The Kier molecular flexibility index (Phi) is 4.75. The molecule has 7 heteroatoms. The minimum atomic E-state index is -1.21. The Morgan fingerprint density at radius 3 is 2.45 bits per heavy atom. The molecule has 0 aliphatic heterocycles. The second kappa shape index (κ2) is 6.55. The van der Waals surface area contributed by atoms with E-state index in [1.807, 2.05) is 0 Å². The molecule has 0 saturated heterocycles. The van der Waals surface area contributed by atoms with Gasteiger partial charge in [-0.1, -0.05) is 18.9 Å². The Morgan fingerprint density at radius 2 is 1.86 bits per heavy atom. The topological polar surface area (TPSA) is 112 Å². The van der Waals surface area contributed by atoms with E-state index in [0.717, 1.165) is 12.8 Å².